The van der Waals surface area contributed by atoms with Crippen LogP contribution in [0, 0.1) is 18.3 Å². The molecule has 1 fully saturated rings. The summed E-state index contributed by atoms with van der Waals surface area (Å²) in [5.74, 6) is 0.299. The first-order chi connectivity index (χ1) is 18.7. The lowest BCUT2D eigenvalue weighted by atomic mass is 9.96. The number of piperazine rings is 1. The molecule has 1 saturated heterocycles. The van der Waals surface area contributed by atoms with Gasteiger partial charge in [0, 0.05) is 31.9 Å². The maximum Gasteiger partial charge on any atom is 0.225 e. The molecule has 0 amide bonds. The molecule has 0 bridgehead atoms. The molecule has 38 heavy (non-hydrogen) atoms. The van der Waals surface area contributed by atoms with E-state index < -0.39 is 5.92 Å². The van der Waals surface area contributed by atoms with E-state index in [0.717, 1.165) is 37.4 Å². The second-order valence-corrected chi connectivity index (χ2v) is 9.56. The average Bonchev–Trinajstić information content (AvgIpc) is 3.39. The molecule has 7 heteroatoms. The number of aromatic nitrogens is 3. The van der Waals surface area contributed by atoms with E-state index in [0.29, 0.717) is 23.1 Å². The van der Waals surface area contributed by atoms with Gasteiger partial charge < -0.3 is 9.32 Å². The van der Waals surface area contributed by atoms with Crippen molar-refractivity contribution in [2.45, 2.75) is 18.9 Å². The normalized spacial score (nSPS) is 15.0. The van der Waals surface area contributed by atoms with E-state index >= 15 is 0 Å². The second kappa shape index (κ2) is 10.4. The predicted octanol–water partition coefficient (Wildman–Crippen LogP) is 5.49. The number of aryl methyl sites for hydroxylation is 1. The Kier molecular flexibility index (Phi) is 6.55. The summed E-state index contributed by atoms with van der Waals surface area (Å²) in [6.07, 6.45) is 0. The van der Waals surface area contributed by atoms with Crippen molar-refractivity contribution in [3.05, 3.63) is 119 Å². The lowest BCUT2D eigenvalue weighted by molar-refractivity contribution is 0.211. The summed E-state index contributed by atoms with van der Waals surface area (Å²) in [6, 6.07) is 33.3. The van der Waals surface area contributed by atoms with Crippen LogP contribution in [0.2, 0.25) is 0 Å². The topological polar surface area (TPSA) is 82.1 Å². The molecular weight excluding hydrogens is 472 g/mol. The standard InChI is InChI=1S/C31H28N6O/c1-22-20-27(25(21-32)30-34-26-14-8-9-15-28(26)38-30)35-31(33-22)37-18-16-36(17-19-37)29(23-10-4-2-5-11-23)24-12-6-3-7-13-24/h2-15,20,25,29H,16-19H2,1H3/t25-/m0/s1. The highest BCUT2D eigenvalue weighted by molar-refractivity contribution is 5.72. The maximum atomic E-state index is 10.0. The van der Waals surface area contributed by atoms with Gasteiger partial charge in [-0.1, -0.05) is 72.8 Å². The molecule has 0 unspecified atom stereocenters. The third-order valence-electron chi connectivity index (χ3n) is 7.04. The number of para-hydroxylation sites is 2. The van der Waals surface area contributed by atoms with Gasteiger partial charge in [-0.25, -0.2) is 15.0 Å². The van der Waals surface area contributed by atoms with Gasteiger partial charge in [-0.05, 0) is 36.2 Å². The van der Waals surface area contributed by atoms with E-state index in [1.165, 1.54) is 11.1 Å². The summed E-state index contributed by atoms with van der Waals surface area (Å²) >= 11 is 0. The van der Waals surface area contributed by atoms with Crippen molar-refractivity contribution < 1.29 is 4.42 Å². The van der Waals surface area contributed by atoms with Crippen LogP contribution < -0.4 is 4.90 Å². The van der Waals surface area contributed by atoms with Crippen molar-refractivity contribution >= 4 is 17.0 Å². The van der Waals surface area contributed by atoms with Gasteiger partial charge in [-0.2, -0.15) is 5.26 Å². The molecule has 1 atom stereocenters. The molecule has 7 nitrogen and oxygen atoms in total. The molecule has 0 spiro atoms. The van der Waals surface area contributed by atoms with Gasteiger partial charge in [0.05, 0.1) is 17.8 Å². The van der Waals surface area contributed by atoms with E-state index in [2.05, 4.69) is 81.5 Å². The first-order valence-corrected chi connectivity index (χ1v) is 12.9. The number of anilines is 1. The summed E-state index contributed by atoms with van der Waals surface area (Å²) in [5, 5.41) is 10.0. The molecule has 1 aliphatic heterocycles. The molecular formula is C31H28N6O. The largest absolute Gasteiger partial charge is 0.439 e. The fraction of sp³-hybridized carbons (Fsp3) is 0.226. The number of rotatable bonds is 6. The number of nitrogens with zero attached hydrogens (tertiary/aromatic N) is 6. The molecule has 0 aliphatic carbocycles. The van der Waals surface area contributed by atoms with Crippen LogP contribution in [0.4, 0.5) is 5.95 Å². The van der Waals surface area contributed by atoms with Crippen molar-refractivity contribution in [1.82, 2.24) is 19.9 Å². The Morgan fingerprint density at radius 2 is 1.42 bits per heavy atom. The number of oxazole rings is 1. The minimum Gasteiger partial charge on any atom is -0.439 e. The fourth-order valence-corrected chi connectivity index (χ4v) is 5.19. The average molecular weight is 501 g/mol. The summed E-state index contributed by atoms with van der Waals surface area (Å²) in [7, 11) is 0. The quantitative estimate of drug-likeness (QED) is 0.305. The van der Waals surface area contributed by atoms with Crippen LogP contribution in [-0.2, 0) is 0 Å². The Bertz CT molecular complexity index is 1500. The van der Waals surface area contributed by atoms with Crippen LogP contribution in [0.15, 0.2) is 95.4 Å². The highest BCUT2D eigenvalue weighted by Crippen LogP contribution is 2.31. The Balaban J connectivity index is 1.24. The Hall–Kier alpha value is -4.54. The highest BCUT2D eigenvalue weighted by Gasteiger charge is 2.29. The van der Waals surface area contributed by atoms with Gasteiger partial charge in [0.25, 0.3) is 0 Å². The minimum atomic E-state index is -0.704. The Morgan fingerprint density at radius 3 is 2.05 bits per heavy atom. The summed E-state index contributed by atoms with van der Waals surface area (Å²) in [5.41, 5.74) is 5.39. The zero-order chi connectivity index (χ0) is 25.9. The third-order valence-corrected chi connectivity index (χ3v) is 7.04. The van der Waals surface area contributed by atoms with Crippen molar-refractivity contribution in [3.63, 3.8) is 0 Å². The summed E-state index contributed by atoms with van der Waals surface area (Å²) in [4.78, 5) is 18.8. The van der Waals surface area contributed by atoms with Gasteiger partial charge in [-0.15, -0.1) is 0 Å². The van der Waals surface area contributed by atoms with Crippen LogP contribution >= 0.6 is 0 Å². The molecule has 188 valence electrons. The van der Waals surface area contributed by atoms with Crippen molar-refractivity contribution in [3.8, 4) is 6.07 Å². The molecule has 0 radical (unpaired) electrons. The lowest BCUT2D eigenvalue weighted by Gasteiger charge is -2.40. The van der Waals surface area contributed by atoms with Crippen molar-refractivity contribution in [2.24, 2.45) is 0 Å². The first kappa shape index (κ1) is 23.8. The molecule has 0 N–H and O–H groups in total. The monoisotopic (exact) mass is 500 g/mol. The predicted molar refractivity (Wildman–Crippen MR) is 147 cm³/mol. The third kappa shape index (κ3) is 4.74. The minimum absolute atomic E-state index is 0.190. The number of fused-ring (bicyclic) bond motifs is 1. The second-order valence-electron chi connectivity index (χ2n) is 9.56. The number of hydrogen-bond donors (Lipinski definition) is 0. The number of benzene rings is 3. The van der Waals surface area contributed by atoms with Crippen LogP contribution in [0.25, 0.3) is 11.1 Å². The molecule has 6 rings (SSSR count). The summed E-state index contributed by atoms with van der Waals surface area (Å²) < 4.78 is 5.91. The molecule has 2 aromatic heterocycles. The van der Waals surface area contributed by atoms with Crippen molar-refractivity contribution in [2.75, 3.05) is 31.1 Å². The Morgan fingerprint density at radius 1 is 0.789 bits per heavy atom. The van der Waals surface area contributed by atoms with E-state index in [-0.39, 0.29) is 6.04 Å². The van der Waals surface area contributed by atoms with Crippen LogP contribution in [0.5, 0.6) is 0 Å². The van der Waals surface area contributed by atoms with E-state index in [4.69, 9.17) is 14.4 Å². The zero-order valence-corrected chi connectivity index (χ0v) is 21.2. The zero-order valence-electron chi connectivity index (χ0n) is 21.2. The van der Waals surface area contributed by atoms with Gasteiger partial charge in [0.15, 0.2) is 11.5 Å². The van der Waals surface area contributed by atoms with Crippen molar-refractivity contribution in [1.29, 1.82) is 5.26 Å². The molecule has 5 aromatic rings. The van der Waals surface area contributed by atoms with Crippen LogP contribution in [-0.4, -0.2) is 46.0 Å². The lowest BCUT2D eigenvalue weighted by Crippen LogP contribution is -2.48. The van der Waals surface area contributed by atoms with Gasteiger partial charge in [-0.3, -0.25) is 4.90 Å². The first-order valence-electron chi connectivity index (χ1n) is 12.9. The SMILES string of the molecule is Cc1cc([C@H](C#N)c2nc3ccccc3o2)nc(N2CCN(C(c3ccccc3)c3ccccc3)CC2)n1. The van der Waals surface area contributed by atoms with Gasteiger partial charge in [0.1, 0.15) is 5.52 Å². The molecule has 3 heterocycles. The van der Waals surface area contributed by atoms with Gasteiger partial charge >= 0.3 is 0 Å². The molecule has 1 aliphatic rings. The smallest absolute Gasteiger partial charge is 0.225 e. The van der Waals surface area contributed by atoms with Crippen LogP contribution in [0.1, 0.15) is 40.4 Å². The van der Waals surface area contributed by atoms with E-state index in [1.54, 1.807) is 0 Å². The van der Waals surface area contributed by atoms with E-state index in [9.17, 15) is 5.26 Å². The Labute approximate surface area is 222 Å². The molecule has 0 saturated carbocycles. The fourth-order valence-electron chi connectivity index (χ4n) is 5.19. The maximum absolute atomic E-state index is 10.0. The van der Waals surface area contributed by atoms with Gasteiger partial charge in [0.2, 0.25) is 11.8 Å². The van der Waals surface area contributed by atoms with Crippen LogP contribution in [0.3, 0.4) is 0 Å². The highest BCUT2D eigenvalue weighted by atomic mass is 16.3. The molecule has 3 aromatic carbocycles. The number of hydrogen-bond acceptors (Lipinski definition) is 7. The van der Waals surface area contributed by atoms with E-state index in [1.807, 2.05) is 37.3 Å². The number of nitriles is 1. The summed E-state index contributed by atoms with van der Waals surface area (Å²) in [6.45, 7) is 5.26.